The summed E-state index contributed by atoms with van der Waals surface area (Å²) in [7, 11) is 1.81. The Morgan fingerprint density at radius 2 is 1.50 bits per heavy atom. The fourth-order valence-corrected chi connectivity index (χ4v) is 4.64. The number of benzene rings is 1. The van der Waals surface area contributed by atoms with Gasteiger partial charge in [-0.1, -0.05) is 83.3 Å². The quantitative estimate of drug-likeness (QED) is 0.150. The van der Waals surface area contributed by atoms with E-state index in [1.807, 2.05) is 26.1 Å². The number of rotatable bonds is 19. The third-order valence-corrected chi connectivity index (χ3v) is 7.09. The molecule has 210 valence electrons. The van der Waals surface area contributed by atoms with Crippen LogP contribution < -0.4 is 10.9 Å². The molecule has 0 saturated heterocycles. The van der Waals surface area contributed by atoms with Gasteiger partial charge in [-0.25, -0.2) is 4.68 Å². The molecule has 38 heavy (non-hydrogen) atoms. The van der Waals surface area contributed by atoms with Gasteiger partial charge >= 0.3 is 5.97 Å². The van der Waals surface area contributed by atoms with Gasteiger partial charge in [0.15, 0.2) is 0 Å². The Morgan fingerprint density at radius 1 is 0.921 bits per heavy atom. The van der Waals surface area contributed by atoms with Crippen molar-refractivity contribution in [2.24, 2.45) is 13.0 Å². The van der Waals surface area contributed by atoms with Crippen molar-refractivity contribution < 1.29 is 14.7 Å². The van der Waals surface area contributed by atoms with Gasteiger partial charge in [0.25, 0.3) is 5.56 Å². The number of aromatic nitrogens is 2. The zero-order chi connectivity index (χ0) is 27.8. The Bertz CT molecular complexity index is 1070. The van der Waals surface area contributed by atoms with Crippen molar-refractivity contribution in [2.75, 3.05) is 5.32 Å². The molecule has 7 nitrogen and oxygen atoms in total. The molecule has 2 N–H and O–H groups in total. The van der Waals surface area contributed by atoms with Gasteiger partial charge in [-0.15, -0.1) is 0 Å². The maximum Gasteiger partial charge on any atom is 0.307 e. The maximum absolute atomic E-state index is 12.5. The molecular weight excluding hydrogens is 478 g/mol. The maximum atomic E-state index is 12.5. The predicted molar refractivity (Wildman–Crippen MR) is 155 cm³/mol. The van der Waals surface area contributed by atoms with E-state index in [4.69, 9.17) is 0 Å². The first-order valence-corrected chi connectivity index (χ1v) is 14.4. The van der Waals surface area contributed by atoms with Crippen LogP contribution in [0.3, 0.4) is 0 Å². The standard InChI is InChI=1S/C31H47N3O4/c1-4-5-6-7-8-9-10-11-12-13-14-15-16-17-18-26(31(37)38)24-29(35)32-27-19-21-28(22-20-27)34-30(36)23-25(2)33(34)3/h16-17,19-23,26H,4-15,18,24H2,1-3H3,(H,32,35)(H,37,38)/b17-16-/t26-/m1/s1. The normalized spacial score (nSPS) is 12.2. The average molecular weight is 526 g/mol. The molecule has 0 spiro atoms. The third-order valence-electron chi connectivity index (χ3n) is 7.09. The van der Waals surface area contributed by atoms with E-state index in [2.05, 4.69) is 12.2 Å². The van der Waals surface area contributed by atoms with Gasteiger partial charge in [-0.2, -0.15) is 0 Å². The first kappa shape index (κ1) is 31.1. The summed E-state index contributed by atoms with van der Waals surface area (Å²) < 4.78 is 3.31. The summed E-state index contributed by atoms with van der Waals surface area (Å²) in [5.41, 5.74) is 1.98. The van der Waals surface area contributed by atoms with Crippen molar-refractivity contribution in [3.8, 4) is 5.69 Å². The van der Waals surface area contributed by atoms with Crippen molar-refractivity contribution in [3.63, 3.8) is 0 Å². The molecule has 0 aliphatic rings. The lowest BCUT2D eigenvalue weighted by atomic mass is 10.00. The molecule has 7 heteroatoms. The second-order valence-corrected chi connectivity index (χ2v) is 10.3. The number of nitrogens with zero attached hydrogens (tertiary/aromatic N) is 2. The van der Waals surface area contributed by atoms with Crippen LogP contribution in [0.1, 0.15) is 103 Å². The minimum Gasteiger partial charge on any atom is -0.481 e. The van der Waals surface area contributed by atoms with Crippen LogP contribution in [-0.2, 0) is 16.6 Å². The van der Waals surface area contributed by atoms with Crippen molar-refractivity contribution in [1.82, 2.24) is 9.36 Å². The molecule has 0 unspecified atom stereocenters. The molecule has 1 amide bonds. The molecule has 0 saturated carbocycles. The molecular formula is C31H47N3O4. The van der Waals surface area contributed by atoms with E-state index >= 15 is 0 Å². The van der Waals surface area contributed by atoms with Crippen LogP contribution in [0.5, 0.6) is 0 Å². The van der Waals surface area contributed by atoms with Crippen LogP contribution in [0.2, 0.25) is 0 Å². The van der Waals surface area contributed by atoms with E-state index in [-0.39, 0.29) is 17.9 Å². The highest BCUT2D eigenvalue weighted by molar-refractivity contribution is 5.93. The summed E-state index contributed by atoms with van der Waals surface area (Å²) in [4.78, 5) is 36.3. The summed E-state index contributed by atoms with van der Waals surface area (Å²) in [6, 6.07) is 8.50. The Morgan fingerprint density at radius 3 is 2.03 bits per heavy atom. The van der Waals surface area contributed by atoms with Gasteiger partial charge in [0.1, 0.15) is 0 Å². The van der Waals surface area contributed by atoms with E-state index in [0.29, 0.717) is 17.8 Å². The van der Waals surface area contributed by atoms with E-state index in [9.17, 15) is 19.5 Å². The van der Waals surface area contributed by atoms with Crippen molar-refractivity contribution >= 4 is 17.6 Å². The highest BCUT2D eigenvalue weighted by Crippen LogP contribution is 2.17. The number of carbonyl (C=O) groups is 2. The minimum absolute atomic E-state index is 0.0870. The van der Waals surface area contributed by atoms with Crippen LogP contribution in [0.15, 0.2) is 47.3 Å². The average Bonchev–Trinajstić information content (AvgIpc) is 3.14. The van der Waals surface area contributed by atoms with Crippen molar-refractivity contribution in [3.05, 3.63) is 58.5 Å². The van der Waals surface area contributed by atoms with E-state index < -0.39 is 11.9 Å². The number of carboxylic acids is 1. The van der Waals surface area contributed by atoms with Gasteiger partial charge in [-0.05, 0) is 50.5 Å². The first-order chi connectivity index (χ1) is 18.3. The monoisotopic (exact) mass is 525 g/mol. The number of hydrogen-bond acceptors (Lipinski definition) is 3. The molecule has 1 heterocycles. The predicted octanol–water partition coefficient (Wildman–Crippen LogP) is 7.16. The number of nitrogens with one attached hydrogen (secondary N) is 1. The Kier molecular flexibility index (Phi) is 14.3. The van der Waals surface area contributed by atoms with Gasteiger partial charge in [0.2, 0.25) is 5.91 Å². The molecule has 0 fully saturated rings. The lowest BCUT2D eigenvalue weighted by Gasteiger charge is -2.12. The topological polar surface area (TPSA) is 93.3 Å². The van der Waals surface area contributed by atoms with Crippen LogP contribution in [0, 0.1) is 12.8 Å². The van der Waals surface area contributed by atoms with Gasteiger partial charge in [0.05, 0.1) is 11.6 Å². The van der Waals surface area contributed by atoms with E-state index in [1.54, 1.807) is 39.7 Å². The molecule has 1 atom stereocenters. The highest BCUT2D eigenvalue weighted by Gasteiger charge is 2.20. The summed E-state index contributed by atoms with van der Waals surface area (Å²) in [6.45, 7) is 4.11. The second kappa shape index (κ2) is 17.4. The van der Waals surface area contributed by atoms with Crippen LogP contribution in [0.25, 0.3) is 5.69 Å². The number of carboxylic acid groups (broad SMARTS) is 1. The SMILES string of the molecule is CCCCCCCCCCCCC/C=C\C[C@H](CC(=O)Nc1ccc(-n2c(=O)cc(C)n2C)cc1)C(=O)O. The largest absolute Gasteiger partial charge is 0.481 e. The number of anilines is 1. The number of aliphatic carboxylic acids is 1. The summed E-state index contributed by atoms with van der Waals surface area (Å²) >= 11 is 0. The van der Waals surface area contributed by atoms with E-state index in [0.717, 1.165) is 18.5 Å². The minimum atomic E-state index is -0.965. The molecule has 0 aliphatic carbocycles. The zero-order valence-electron chi connectivity index (χ0n) is 23.6. The number of unbranched alkanes of at least 4 members (excludes halogenated alkanes) is 11. The Balaban J connectivity index is 1.66. The number of aryl methyl sites for hydroxylation is 1. The fraction of sp³-hybridized carbons (Fsp3) is 0.581. The van der Waals surface area contributed by atoms with Crippen LogP contribution >= 0.6 is 0 Å². The highest BCUT2D eigenvalue weighted by atomic mass is 16.4. The molecule has 0 radical (unpaired) electrons. The van der Waals surface area contributed by atoms with Gasteiger partial charge < -0.3 is 10.4 Å². The number of allylic oxidation sites excluding steroid dienone is 2. The Hall–Kier alpha value is -3.09. The fourth-order valence-electron chi connectivity index (χ4n) is 4.64. The summed E-state index contributed by atoms with van der Waals surface area (Å²) in [5, 5.41) is 12.3. The van der Waals surface area contributed by atoms with Crippen molar-refractivity contribution in [2.45, 2.75) is 104 Å². The van der Waals surface area contributed by atoms with Gasteiger partial charge in [0, 0.05) is 30.9 Å². The van der Waals surface area contributed by atoms with Crippen molar-refractivity contribution in [1.29, 1.82) is 0 Å². The lowest BCUT2D eigenvalue weighted by molar-refractivity contribution is -0.143. The number of hydrogen-bond donors (Lipinski definition) is 2. The Labute approximate surface area is 227 Å². The van der Waals surface area contributed by atoms with Crippen LogP contribution in [-0.4, -0.2) is 26.3 Å². The molecule has 1 aromatic carbocycles. The summed E-state index contributed by atoms with van der Waals surface area (Å²) in [5.74, 6) is -2.06. The lowest BCUT2D eigenvalue weighted by Crippen LogP contribution is -2.22. The molecule has 2 rings (SSSR count). The number of amides is 1. The molecule has 2 aromatic rings. The third kappa shape index (κ3) is 11.1. The number of carbonyl (C=O) groups excluding carboxylic acids is 1. The molecule has 0 bridgehead atoms. The first-order valence-electron chi connectivity index (χ1n) is 14.4. The molecule has 1 aromatic heterocycles. The zero-order valence-corrected chi connectivity index (χ0v) is 23.6. The molecule has 0 aliphatic heterocycles. The smallest absolute Gasteiger partial charge is 0.307 e. The van der Waals surface area contributed by atoms with Gasteiger partial charge in [-0.3, -0.25) is 19.1 Å². The second-order valence-electron chi connectivity index (χ2n) is 10.3. The summed E-state index contributed by atoms with van der Waals surface area (Å²) in [6.07, 6.45) is 19.5. The van der Waals surface area contributed by atoms with E-state index in [1.165, 1.54) is 64.2 Å². The van der Waals surface area contributed by atoms with Crippen LogP contribution in [0.4, 0.5) is 5.69 Å².